The van der Waals surface area contributed by atoms with Crippen LogP contribution < -0.4 is 11.1 Å². The lowest BCUT2D eigenvalue weighted by atomic mass is 10.1. The molecule has 1 amide bonds. The third kappa shape index (κ3) is 6.22. The molecule has 20 heavy (non-hydrogen) atoms. The van der Waals surface area contributed by atoms with Crippen LogP contribution in [-0.2, 0) is 9.53 Å². The molecule has 110 valence electrons. The van der Waals surface area contributed by atoms with Gasteiger partial charge in [0.2, 0.25) is 0 Å². The van der Waals surface area contributed by atoms with Crippen LogP contribution in [-0.4, -0.2) is 25.5 Å². The maximum atomic E-state index is 11.8. The van der Waals surface area contributed by atoms with E-state index in [1.165, 1.54) is 7.11 Å². The van der Waals surface area contributed by atoms with Crippen LogP contribution >= 0.6 is 0 Å². The number of anilines is 1. The van der Waals surface area contributed by atoms with Gasteiger partial charge >= 0.3 is 5.97 Å². The second-order valence-electron chi connectivity index (χ2n) is 4.62. The Hall–Kier alpha value is -2.04. The number of methoxy groups -OCH3 is 1. The number of nitrogens with two attached hydrogens (primary N) is 1. The highest BCUT2D eigenvalue weighted by molar-refractivity contribution is 5.94. The van der Waals surface area contributed by atoms with Crippen LogP contribution in [0.5, 0.6) is 0 Å². The average molecular weight is 278 g/mol. The third-order valence-electron chi connectivity index (χ3n) is 2.97. The molecule has 0 aliphatic heterocycles. The van der Waals surface area contributed by atoms with E-state index in [-0.39, 0.29) is 11.9 Å². The summed E-state index contributed by atoms with van der Waals surface area (Å²) in [7, 11) is 1.40. The van der Waals surface area contributed by atoms with Crippen molar-refractivity contribution in [2.75, 3.05) is 19.4 Å². The summed E-state index contributed by atoms with van der Waals surface area (Å²) in [6.45, 7) is 0.631. The van der Waals surface area contributed by atoms with E-state index in [4.69, 9.17) is 5.73 Å². The summed E-state index contributed by atoms with van der Waals surface area (Å²) in [4.78, 5) is 22.7. The van der Waals surface area contributed by atoms with E-state index >= 15 is 0 Å². The monoisotopic (exact) mass is 278 g/mol. The van der Waals surface area contributed by atoms with Gasteiger partial charge in [-0.2, -0.15) is 0 Å². The fourth-order valence-electron chi connectivity index (χ4n) is 1.83. The van der Waals surface area contributed by atoms with Crippen molar-refractivity contribution in [3.05, 3.63) is 29.8 Å². The molecule has 0 saturated heterocycles. The molecule has 1 rings (SSSR count). The van der Waals surface area contributed by atoms with E-state index in [2.05, 4.69) is 10.1 Å². The summed E-state index contributed by atoms with van der Waals surface area (Å²) in [5, 5.41) is 2.85. The van der Waals surface area contributed by atoms with Crippen LogP contribution in [0.4, 0.5) is 5.69 Å². The Morgan fingerprint density at radius 2 is 1.95 bits per heavy atom. The molecule has 0 atom stereocenters. The Kier molecular flexibility index (Phi) is 7.17. The van der Waals surface area contributed by atoms with Gasteiger partial charge in [-0.05, 0) is 31.0 Å². The van der Waals surface area contributed by atoms with Crippen LogP contribution in [0.15, 0.2) is 24.3 Å². The lowest BCUT2D eigenvalue weighted by Gasteiger charge is -2.05. The Balaban J connectivity index is 2.09. The third-order valence-corrected chi connectivity index (χ3v) is 2.97. The van der Waals surface area contributed by atoms with Crippen LogP contribution in [0.2, 0.25) is 0 Å². The molecule has 0 unspecified atom stereocenters. The van der Waals surface area contributed by atoms with Crippen molar-refractivity contribution in [2.24, 2.45) is 0 Å². The number of nitrogen functional groups attached to an aromatic ring is 1. The van der Waals surface area contributed by atoms with Crippen LogP contribution in [0.25, 0.3) is 0 Å². The van der Waals surface area contributed by atoms with Crippen molar-refractivity contribution in [3.8, 4) is 0 Å². The Bertz CT molecular complexity index is 446. The molecule has 0 aromatic heterocycles. The van der Waals surface area contributed by atoms with Gasteiger partial charge in [0.15, 0.2) is 0 Å². The van der Waals surface area contributed by atoms with Crippen molar-refractivity contribution >= 4 is 17.6 Å². The van der Waals surface area contributed by atoms with Gasteiger partial charge in [-0.1, -0.05) is 18.9 Å². The first-order chi connectivity index (χ1) is 9.63. The van der Waals surface area contributed by atoms with E-state index in [1.54, 1.807) is 24.3 Å². The van der Waals surface area contributed by atoms with Gasteiger partial charge in [0.25, 0.3) is 5.91 Å². The minimum absolute atomic E-state index is 0.105. The van der Waals surface area contributed by atoms with Crippen molar-refractivity contribution in [1.82, 2.24) is 5.32 Å². The lowest BCUT2D eigenvalue weighted by Crippen LogP contribution is -2.24. The molecule has 0 radical (unpaired) electrons. The average Bonchev–Trinajstić information content (AvgIpc) is 2.45. The second kappa shape index (κ2) is 8.96. The minimum Gasteiger partial charge on any atom is -0.469 e. The number of amides is 1. The molecular formula is C15H22N2O3. The zero-order valence-corrected chi connectivity index (χ0v) is 11.9. The first-order valence-electron chi connectivity index (χ1n) is 6.84. The fraction of sp³-hybridized carbons (Fsp3) is 0.467. The predicted octanol–water partition coefficient (Wildman–Crippen LogP) is 2.12. The van der Waals surface area contributed by atoms with E-state index < -0.39 is 0 Å². The van der Waals surface area contributed by atoms with E-state index in [0.717, 1.165) is 25.7 Å². The van der Waals surface area contributed by atoms with Crippen molar-refractivity contribution < 1.29 is 14.3 Å². The summed E-state index contributed by atoms with van der Waals surface area (Å²) < 4.78 is 4.56. The number of nitrogens with one attached hydrogen (secondary N) is 1. The number of carbonyl (C=O) groups is 2. The maximum absolute atomic E-state index is 11.8. The first-order valence-corrected chi connectivity index (χ1v) is 6.84. The van der Waals surface area contributed by atoms with Crippen molar-refractivity contribution in [2.45, 2.75) is 32.1 Å². The highest BCUT2D eigenvalue weighted by Crippen LogP contribution is 2.07. The van der Waals surface area contributed by atoms with Gasteiger partial charge in [-0.3, -0.25) is 9.59 Å². The molecule has 0 spiro atoms. The molecular weight excluding hydrogens is 256 g/mol. The molecule has 0 aliphatic carbocycles. The SMILES string of the molecule is COC(=O)CCCCCCNC(=O)c1cccc(N)c1. The summed E-state index contributed by atoms with van der Waals surface area (Å²) in [5.41, 5.74) is 6.79. The topological polar surface area (TPSA) is 81.4 Å². The van der Waals surface area contributed by atoms with Crippen LogP contribution in [0.1, 0.15) is 42.5 Å². The number of ether oxygens (including phenoxy) is 1. The molecule has 5 nitrogen and oxygen atoms in total. The molecule has 0 fully saturated rings. The largest absolute Gasteiger partial charge is 0.469 e. The number of rotatable bonds is 8. The quantitative estimate of drug-likeness (QED) is 0.433. The summed E-state index contributed by atoms with van der Waals surface area (Å²) >= 11 is 0. The second-order valence-corrected chi connectivity index (χ2v) is 4.62. The molecule has 0 aliphatic rings. The van der Waals surface area contributed by atoms with Gasteiger partial charge in [-0.15, -0.1) is 0 Å². The maximum Gasteiger partial charge on any atom is 0.305 e. The van der Waals surface area contributed by atoms with E-state index in [1.807, 2.05) is 0 Å². The number of esters is 1. The predicted molar refractivity (Wildman–Crippen MR) is 78.3 cm³/mol. The number of benzene rings is 1. The number of hydrogen-bond donors (Lipinski definition) is 2. The van der Waals surface area contributed by atoms with E-state index in [0.29, 0.717) is 24.2 Å². The van der Waals surface area contributed by atoms with Gasteiger partial charge < -0.3 is 15.8 Å². The highest BCUT2D eigenvalue weighted by atomic mass is 16.5. The molecule has 0 heterocycles. The Labute approximate surface area is 119 Å². The summed E-state index contributed by atoms with van der Waals surface area (Å²) in [5.74, 6) is -0.271. The van der Waals surface area contributed by atoms with Gasteiger partial charge in [0.1, 0.15) is 0 Å². The smallest absolute Gasteiger partial charge is 0.305 e. The molecule has 0 bridgehead atoms. The summed E-state index contributed by atoms with van der Waals surface area (Å²) in [6, 6.07) is 6.91. The Morgan fingerprint density at radius 3 is 2.65 bits per heavy atom. The molecule has 0 saturated carbocycles. The standard InChI is InChI=1S/C15H22N2O3/c1-20-14(18)9-4-2-3-5-10-17-15(19)12-7-6-8-13(16)11-12/h6-8,11H,2-5,9-10,16H2,1H3,(H,17,19). The van der Waals surface area contributed by atoms with Gasteiger partial charge in [0, 0.05) is 24.2 Å². The van der Waals surface area contributed by atoms with E-state index in [9.17, 15) is 9.59 Å². The van der Waals surface area contributed by atoms with Crippen LogP contribution in [0.3, 0.4) is 0 Å². The molecule has 3 N–H and O–H groups in total. The van der Waals surface area contributed by atoms with Gasteiger partial charge in [0.05, 0.1) is 7.11 Å². The lowest BCUT2D eigenvalue weighted by molar-refractivity contribution is -0.140. The van der Waals surface area contributed by atoms with Crippen molar-refractivity contribution in [1.29, 1.82) is 0 Å². The van der Waals surface area contributed by atoms with Crippen molar-refractivity contribution in [3.63, 3.8) is 0 Å². The van der Waals surface area contributed by atoms with Gasteiger partial charge in [-0.25, -0.2) is 0 Å². The molecule has 1 aromatic carbocycles. The molecule has 1 aromatic rings. The zero-order valence-electron chi connectivity index (χ0n) is 11.9. The summed E-state index contributed by atoms with van der Waals surface area (Å²) in [6.07, 6.45) is 4.13. The Morgan fingerprint density at radius 1 is 1.20 bits per heavy atom. The number of unbranched alkanes of at least 4 members (excludes halogenated alkanes) is 3. The van der Waals surface area contributed by atoms with Crippen LogP contribution in [0, 0.1) is 0 Å². The molecule has 5 heteroatoms. The number of carbonyl (C=O) groups excluding carboxylic acids is 2. The minimum atomic E-state index is -0.167. The normalized spacial score (nSPS) is 10.1. The first kappa shape index (κ1) is 16.0. The zero-order chi connectivity index (χ0) is 14.8. The fourth-order valence-corrected chi connectivity index (χ4v) is 1.83. The number of hydrogen-bond acceptors (Lipinski definition) is 4. The highest BCUT2D eigenvalue weighted by Gasteiger charge is 2.04.